The Morgan fingerprint density at radius 3 is 2.28 bits per heavy atom. The zero-order valence-corrected chi connectivity index (χ0v) is 18.2. The number of piperazine rings is 1. The van der Waals surface area contributed by atoms with E-state index in [-0.39, 0.29) is 52.6 Å². The first kappa shape index (κ1) is 21.8. The molecule has 0 atom stereocenters. The van der Waals surface area contributed by atoms with Crippen molar-refractivity contribution in [1.82, 2.24) is 9.21 Å². The predicted octanol–water partition coefficient (Wildman–Crippen LogP) is 3.35. The molecule has 6 nitrogen and oxygen atoms in total. The molecular weight excluding hydrogens is 440 g/mol. The van der Waals surface area contributed by atoms with Gasteiger partial charge in [-0.25, -0.2) is 12.8 Å². The van der Waals surface area contributed by atoms with Crippen LogP contribution in [-0.4, -0.2) is 63.8 Å². The summed E-state index contributed by atoms with van der Waals surface area (Å²) in [6, 6.07) is 8.57. The van der Waals surface area contributed by atoms with Gasteiger partial charge in [0.15, 0.2) is 0 Å². The summed E-state index contributed by atoms with van der Waals surface area (Å²) >= 11 is 12.0. The molecule has 2 aromatic rings. The van der Waals surface area contributed by atoms with Gasteiger partial charge in [-0.05, 0) is 36.4 Å². The highest BCUT2D eigenvalue weighted by Gasteiger charge is 2.32. The molecule has 29 heavy (non-hydrogen) atoms. The Labute approximate surface area is 179 Å². The zero-order chi connectivity index (χ0) is 21.3. The van der Waals surface area contributed by atoms with Gasteiger partial charge in [-0.2, -0.15) is 4.31 Å². The van der Waals surface area contributed by atoms with Crippen molar-refractivity contribution in [3.63, 3.8) is 0 Å². The molecule has 0 saturated carbocycles. The first-order valence-electron chi connectivity index (χ1n) is 8.82. The fourth-order valence-corrected chi connectivity index (χ4v) is 5.29. The average molecular weight is 460 g/mol. The third-order valence-electron chi connectivity index (χ3n) is 4.71. The number of carbonyl (C=O) groups excluding carboxylic acids is 1. The zero-order valence-electron chi connectivity index (χ0n) is 15.9. The van der Waals surface area contributed by atoms with Gasteiger partial charge in [-0.3, -0.25) is 4.79 Å². The van der Waals surface area contributed by atoms with Crippen LogP contribution >= 0.6 is 23.2 Å². The number of sulfonamides is 1. The Kier molecular flexibility index (Phi) is 6.38. The van der Waals surface area contributed by atoms with E-state index in [4.69, 9.17) is 23.2 Å². The number of halogens is 3. The van der Waals surface area contributed by atoms with E-state index in [1.807, 2.05) is 0 Å². The number of hydrogen-bond acceptors (Lipinski definition) is 4. The van der Waals surface area contributed by atoms with Gasteiger partial charge < -0.3 is 9.80 Å². The second-order valence-electron chi connectivity index (χ2n) is 6.83. The predicted molar refractivity (Wildman–Crippen MR) is 112 cm³/mol. The van der Waals surface area contributed by atoms with Gasteiger partial charge in [-0.1, -0.05) is 23.2 Å². The minimum Gasteiger partial charge on any atom is -0.375 e. The molecule has 3 rings (SSSR count). The molecule has 0 aliphatic carbocycles. The van der Waals surface area contributed by atoms with Crippen LogP contribution in [0.1, 0.15) is 10.4 Å². The molecule has 1 aliphatic heterocycles. The van der Waals surface area contributed by atoms with Gasteiger partial charge in [0.1, 0.15) is 10.7 Å². The third-order valence-corrected chi connectivity index (χ3v) is 7.33. The van der Waals surface area contributed by atoms with Crippen molar-refractivity contribution in [3.05, 3.63) is 57.8 Å². The maximum atomic E-state index is 14.2. The Bertz CT molecular complexity index is 1040. The van der Waals surface area contributed by atoms with E-state index in [2.05, 4.69) is 0 Å². The van der Waals surface area contributed by atoms with Crippen LogP contribution in [0.5, 0.6) is 0 Å². The summed E-state index contributed by atoms with van der Waals surface area (Å²) in [6.07, 6.45) is 0. The smallest absolute Gasteiger partial charge is 0.254 e. The van der Waals surface area contributed by atoms with Gasteiger partial charge in [0.2, 0.25) is 10.0 Å². The number of anilines is 1. The molecule has 1 fully saturated rings. The number of nitrogens with zero attached hydrogens (tertiary/aromatic N) is 3. The van der Waals surface area contributed by atoms with Crippen LogP contribution in [0.4, 0.5) is 10.1 Å². The molecule has 0 bridgehead atoms. The molecule has 0 N–H and O–H groups in total. The molecule has 1 aliphatic rings. The lowest BCUT2D eigenvalue weighted by molar-refractivity contribution is 0.0697. The minimum atomic E-state index is -3.84. The highest BCUT2D eigenvalue weighted by atomic mass is 35.5. The number of benzene rings is 2. The third kappa shape index (κ3) is 4.50. The Hall–Kier alpha value is -1.87. The molecule has 1 saturated heterocycles. The maximum absolute atomic E-state index is 14.2. The van der Waals surface area contributed by atoms with Crippen LogP contribution in [0, 0.1) is 5.82 Å². The summed E-state index contributed by atoms with van der Waals surface area (Å²) in [7, 11) is -0.409. The van der Waals surface area contributed by atoms with Crippen molar-refractivity contribution < 1.29 is 17.6 Å². The second kappa shape index (κ2) is 8.47. The number of rotatable bonds is 4. The fraction of sp³-hybridized carbons (Fsp3) is 0.316. The average Bonchev–Trinajstić information content (AvgIpc) is 2.69. The largest absolute Gasteiger partial charge is 0.375 e. The van der Waals surface area contributed by atoms with Crippen LogP contribution in [0.2, 0.25) is 10.0 Å². The van der Waals surface area contributed by atoms with E-state index in [0.29, 0.717) is 5.69 Å². The van der Waals surface area contributed by atoms with Crippen molar-refractivity contribution >= 4 is 44.8 Å². The summed E-state index contributed by atoms with van der Waals surface area (Å²) in [6.45, 7) is 0.588. The standard InChI is InChI=1S/C19H20Cl2FN3O3S/c1-23(2)17-6-3-13(11-16(17)22)19(26)24-7-9-25(10-8-24)29(27,28)18-12-14(20)4-5-15(18)21/h3-6,11-12H,7-10H2,1-2H3. The van der Waals surface area contributed by atoms with E-state index in [0.717, 1.165) is 0 Å². The van der Waals surface area contributed by atoms with Crippen LogP contribution in [0.3, 0.4) is 0 Å². The quantitative estimate of drug-likeness (QED) is 0.703. The first-order chi connectivity index (χ1) is 13.6. The molecule has 2 aromatic carbocycles. The van der Waals surface area contributed by atoms with E-state index in [1.165, 1.54) is 33.5 Å². The molecular formula is C19H20Cl2FN3O3S. The normalized spacial score (nSPS) is 15.4. The van der Waals surface area contributed by atoms with Gasteiger partial charge >= 0.3 is 0 Å². The number of carbonyl (C=O) groups is 1. The lowest BCUT2D eigenvalue weighted by Gasteiger charge is -2.34. The van der Waals surface area contributed by atoms with Gasteiger partial charge in [0.25, 0.3) is 5.91 Å². The molecule has 0 unspecified atom stereocenters. The fourth-order valence-electron chi connectivity index (χ4n) is 3.13. The van der Waals surface area contributed by atoms with Gasteiger partial charge in [-0.15, -0.1) is 0 Å². The molecule has 1 amide bonds. The van der Waals surface area contributed by atoms with E-state index >= 15 is 0 Å². The van der Waals surface area contributed by atoms with Crippen LogP contribution in [-0.2, 0) is 10.0 Å². The summed E-state index contributed by atoms with van der Waals surface area (Å²) in [5.41, 5.74) is 0.609. The van der Waals surface area contributed by atoms with Crippen molar-refractivity contribution in [2.75, 3.05) is 45.2 Å². The lowest BCUT2D eigenvalue weighted by Crippen LogP contribution is -2.50. The van der Waals surface area contributed by atoms with Gasteiger partial charge in [0.05, 0.1) is 10.7 Å². The van der Waals surface area contributed by atoms with Crippen LogP contribution in [0.25, 0.3) is 0 Å². The Morgan fingerprint density at radius 2 is 1.69 bits per heavy atom. The molecule has 1 heterocycles. The van der Waals surface area contributed by atoms with Crippen LogP contribution in [0.15, 0.2) is 41.3 Å². The van der Waals surface area contributed by atoms with Crippen molar-refractivity contribution in [1.29, 1.82) is 0 Å². The molecule has 0 radical (unpaired) electrons. The Balaban J connectivity index is 1.72. The van der Waals surface area contributed by atoms with Crippen molar-refractivity contribution in [2.24, 2.45) is 0 Å². The molecule has 0 aromatic heterocycles. The number of hydrogen-bond donors (Lipinski definition) is 0. The van der Waals surface area contributed by atoms with Crippen LogP contribution < -0.4 is 4.90 Å². The number of amides is 1. The summed E-state index contributed by atoms with van der Waals surface area (Å²) in [4.78, 5) is 15.8. The first-order valence-corrected chi connectivity index (χ1v) is 11.0. The monoisotopic (exact) mass is 459 g/mol. The summed E-state index contributed by atoms with van der Waals surface area (Å²) in [5.74, 6) is -0.829. The molecule has 10 heteroatoms. The summed E-state index contributed by atoms with van der Waals surface area (Å²) < 4.78 is 41.2. The molecule has 156 valence electrons. The lowest BCUT2D eigenvalue weighted by atomic mass is 10.1. The topological polar surface area (TPSA) is 60.9 Å². The second-order valence-corrected chi connectivity index (χ2v) is 9.58. The van der Waals surface area contributed by atoms with E-state index in [1.54, 1.807) is 31.1 Å². The highest BCUT2D eigenvalue weighted by Crippen LogP contribution is 2.28. The van der Waals surface area contributed by atoms with Crippen molar-refractivity contribution in [3.8, 4) is 0 Å². The molecule has 0 spiro atoms. The minimum absolute atomic E-state index is 0.0622. The van der Waals surface area contributed by atoms with Gasteiger partial charge in [0, 0.05) is 50.9 Å². The van der Waals surface area contributed by atoms with E-state index < -0.39 is 15.8 Å². The van der Waals surface area contributed by atoms with E-state index in [9.17, 15) is 17.6 Å². The Morgan fingerprint density at radius 1 is 1.03 bits per heavy atom. The maximum Gasteiger partial charge on any atom is 0.254 e. The SMILES string of the molecule is CN(C)c1ccc(C(=O)N2CCN(S(=O)(=O)c3cc(Cl)ccc3Cl)CC2)cc1F. The van der Waals surface area contributed by atoms with Crippen molar-refractivity contribution in [2.45, 2.75) is 4.90 Å². The summed E-state index contributed by atoms with van der Waals surface area (Å²) in [5, 5.41) is 0.356. The highest BCUT2D eigenvalue weighted by molar-refractivity contribution is 7.89.